The SMILES string of the molecule is C=C(C)c1ccc(NC(=O)NS(=O)(=O)c2ccc(Cl)cc2)cc1. The van der Waals surface area contributed by atoms with Gasteiger partial charge in [-0.15, -0.1) is 0 Å². The average Bonchev–Trinajstić information content (AvgIpc) is 2.47. The van der Waals surface area contributed by atoms with Gasteiger partial charge in [-0.3, -0.25) is 0 Å². The fourth-order valence-electron chi connectivity index (χ4n) is 1.79. The first-order chi connectivity index (χ1) is 10.8. The third-order valence-corrected chi connectivity index (χ3v) is 4.59. The van der Waals surface area contributed by atoms with Crippen LogP contribution in [-0.4, -0.2) is 14.4 Å². The first kappa shape index (κ1) is 17.1. The summed E-state index contributed by atoms with van der Waals surface area (Å²) in [5, 5.41) is 2.87. The molecular formula is C16H15ClN2O3S. The van der Waals surface area contributed by atoms with Gasteiger partial charge in [0.1, 0.15) is 0 Å². The van der Waals surface area contributed by atoms with Crippen molar-refractivity contribution < 1.29 is 13.2 Å². The lowest BCUT2D eigenvalue weighted by atomic mass is 10.1. The zero-order valence-corrected chi connectivity index (χ0v) is 13.9. The van der Waals surface area contributed by atoms with E-state index in [0.717, 1.165) is 11.1 Å². The molecule has 0 aromatic heterocycles. The Kier molecular flexibility index (Phi) is 5.08. The minimum absolute atomic E-state index is 0.0466. The molecule has 2 aromatic carbocycles. The lowest BCUT2D eigenvalue weighted by Crippen LogP contribution is -2.34. The fourth-order valence-corrected chi connectivity index (χ4v) is 2.82. The highest BCUT2D eigenvalue weighted by Crippen LogP contribution is 2.16. The van der Waals surface area contributed by atoms with E-state index < -0.39 is 16.1 Å². The molecule has 2 aromatic rings. The predicted molar refractivity (Wildman–Crippen MR) is 91.9 cm³/mol. The molecule has 2 amide bonds. The molecule has 0 heterocycles. The number of amides is 2. The minimum Gasteiger partial charge on any atom is -0.307 e. The van der Waals surface area contributed by atoms with Gasteiger partial charge in [-0.25, -0.2) is 17.9 Å². The highest BCUT2D eigenvalue weighted by Gasteiger charge is 2.17. The van der Waals surface area contributed by atoms with Gasteiger partial charge in [0, 0.05) is 10.7 Å². The number of benzene rings is 2. The number of sulfonamides is 1. The molecule has 5 nitrogen and oxygen atoms in total. The molecule has 0 aliphatic carbocycles. The molecular weight excluding hydrogens is 336 g/mol. The van der Waals surface area contributed by atoms with Gasteiger partial charge in [0.25, 0.3) is 10.0 Å². The van der Waals surface area contributed by atoms with Crippen molar-refractivity contribution in [3.63, 3.8) is 0 Å². The standard InChI is InChI=1S/C16H15ClN2O3S/c1-11(2)12-3-7-14(8-4-12)18-16(20)19-23(21,22)15-9-5-13(17)6-10-15/h3-10H,1H2,2H3,(H2,18,19,20). The molecule has 0 atom stereocenters. The molecule has 0 saturated carbocycles. The number of halogens is 1. The Labute approximate surface area is 140 Å². The number of rotatable bonds is 4. The third-order valence-electron chi connectivity index (χ3n) is 2.99. The summed E-state index contributed by atoms with van der Waals surface area (Å²) >= 11 is 5.71. The maximum Gasteiger partial charge on any atom is 0.333 e. The zero-order chi connectivity index (χ0) is 17.0. The highest BCUT2D eigenvalue weighted by molar-refractivity contribution is 7.90. The second-order valence-electron chi connectivity index (χ2n) is 4.87. The normalized spacial score (nSPS) is 10.9. The van der Waals surface area contributed by atoms with E-state index in [0.29, 0.717) is 10.7 Å². The molecule has 0 bridgehead atoms. The second-order valence-corrected chi connectivity index (χ2v) is 6.99. The molecule has 120 valence electrons. The number of hydrogen-bond acceptors (Lipinski definition) is 3. The van der Waals surface area contributed by atoms with Gasteiger partial charge >= 0.3 is 6.03 Å². The number of nitrogens with one attached hydrogen (secondary N) is 2. The van der Waals surface area contributed by atoms with Crippen LogP contribution in [0.1, 0.15) is 12.5 Å². The van der Waals surface area contributed by atoms with Crippen LogP contribution in [0.3, 0.4) is 0 Å². The zero-order valence-electron chi connectivity index (χ0n) is 12.3. The lowest BCUT2D eigenvalue weighted by molar-refractivity contribution is 0.256. The summed E-state index contributed by atoms with van der Waals surface area (Å²) in [5.41, 5.74) is 2.30. The van der Waals surface area contributed by atoms with E-state index in [2.05, 4.69) is 11.9 Å². The molecule has 0 radical (unpaired) electrons. The van der Waals surface area contributed by atoms with Crippen molar-refractivity contribution in [2.75, 3.05) is 5.32 Å². The van der Waals surface area contributed by atoms with E-state index in [1.165, 1.54) is 24.3 Å². The van der Waals surface area contributed by atoms with E-state index in [4.69, 9.17) is 11.6 Å². The van der Waals surface area contributed by atoms with Crippen LogP contribution < -0.4 is 10.0 Å². The van der Waals surface area contributed by atoms with Crippen molar-refractivity contribution in [3.8, 4) is 0 Å². The molecule has 0 aliphatic rings. The van der Waals surface area contributed by atoms with Crippen LogP contribution in [0.25, 0.3) is 5.57 Å². The Bertz CT molecular complexity index is 829. The minimum atomic E-state index is -3.95. The Balaban J connectivity index is 2.06. The van der Waals surface area contributed by atoms with Gasteiger partial charge in [0.15, 0.2) is 0 Å². The number of carbonyl (C=O) groups excluding carboxylic acids is 1. The molecule has 7 heteroatoms. The molecule has 0 unspecified atom stereocenters. The van der Waals surface area contributed by atoms with Crippen LogP contribution in [0, 0.1) is 0 Å². The first-order valence-electron chi connectivity index (χ1n) is 6.63. The molecule has 0 spiro atoms. The molecule has 2 rings (SSSR count). The molecule has 2 N–H and O–H groups in total. The van der Waals surface area contributed by atoms with Crippen molar-refractivity contribution in [1.29, 1.82) is 0 Å². The van der Waals surface area contributed by atoms with Crippen molar-refractivity contribution in [2.45, 2.75) is 11.8 Å². The van der Waals surface area contributed by atoms with Crippen LogP contribution in [0.5, 0.6) is 0 Å². The van der Waals surface area contributed by atoms with Crippen LogP contribution >= 0.6 is 11.6 Å². The van der Waals surface area contributed by atoms with E-state index in [-0.39, 0.29) is 4.90 Å². The van der Waals surface area contributed by atoms with Gasteiger partial charge in [0.2, 0.25) is 0 Å². The largest absolute Gasteiger partial charge is 0.333 e. The van der Waals surface area contributed by atoms with Gasteiger partial charge in [-0.05, 0) is 48.9 Å². The molecule has 0 saturated heterocycles. The third kappa shape index (κ3) is 4.58. The fraction of sp³-hybridized carbons (Fsp3) is 0.0625. The van der Waals surface area contributed by atoms with Gasteiger partial charge in [0.05, 0.1) is 4.90 Å². The van der Waals surface area contributed by atoms with Crippen LogP contribution in [-0.2, 0) is 10.0 Å². The predicted octanol–water partition coefficient (Wildman–Crippen LogP) is 3.88. The van der Waals surface area contributed by atoms with Crippen molar-refractivity contribution >= 4 is 38.9 Å². The maximum atomic E-state index is 12.1. The number of urea groups is 1. The lowest BCUT2D eigenvalue weighted by Gasteiger charge is -2.09. The topological polar surface area (TPSA) is 75.3 Å². The van der Waals surface area contributed by atoms with E-state index in [1.807, 2.05) is 11.6 Å². The quantitative estimate of drug-likeness (QED) is 0.878. The Morgan fingerprint density at radius 2 is 1.61 bits per heavy atom. The van der Waals surface area contributed by atoms with Crippen molar-refractivity contribution in [1.82, 2.24) is 4.72 Å². The van der Waals surface area contributed by atoms with Gasteiger partial charge in [-0.1, -0.05) is 35.9 Å². The van der Waals surface area contributed by atoms with Gasteiger partial charge < -0.3 is 5.32 Å². The number of anilines is 1. The van der Waals surface area contributed by atoms with Crippen LogP contribution in [0.2, 0.25) is 5.02 Å². The molecule has 0 aliphatic heterocycles. The monoisotopic (exact) mass is 350 g/mol. The maximum absolute atomic E-state index is 12.1. The number of hydrogen-bond donors (Lipinski definition) is 2. The summed E-state index contributed by atoms with van der Waals surface area (Å²) in [6.07, 6.45) is 0. The van der Waals surface area contributed by atoms with Gasteiger partial charge in [-0.2, -0.15) is 0 Å². The van der Waals surface area contributed by atoms with Crippen LogP contribution in [0.15, 0.2) is 60.0 Å². The van der Waals surface area contributed by atoms with Crippen LogP contribution in [0.4, 0.5) is 10.5 Å². The average molecular weight is 351 g/mol. The summed E-state index contributed by atoms with van der Waals surface area (Å²) in [7, 11) is -3.95. The molecule has 23 heavy (non-hydrogen) atoms. The Morgan fingerprint density at radius 1 is 1.04 bits per heavy atom. The summed E-state index contributed by atoms with van der Waals surface area (Å²) in [6.45, 7) is 5.68. The van der Waals surface area contributed by atoms with Crippen molar-refractivity contribution in [3.05, 3.63) is 65.7 Å². The Hall–Kier alpha value is -2.31. The first-order valence-corrected chi connectivity index (χ1v) is 8.49. The summed E-state index contributed by atoms with van der Waals surface area (Å²) < 4.78 is 26.1. The van der Waals surface area contributed by atoms with E-state index >= 15 is 0 Å². The van der Waals surface area contributed by atoms with Crippen molar-refractivity contribution in [2.24, 2.45) is 0 Å². The molecule has 0 fully saturated rings. The summed E-state index contributed by atoms with van der Waals surface area (Å²) in [5.74, 6) is 0. The van der Waals surface area contributed by atoms with E-state index in [1.54, 1.807) is 24.3 Å². The highest BCUT2D eigenvalue weighted by atomic mass is 35.5. The summed E-state index contributed by atoms with van der Waals surface area (Å²) in [6, 6.07) is 11.6. The smallest absolute Gasteiger partial charge is 0.307 e. The number of carbonyl (C=O) groups is 1. The second kappa shape index (κ2) is 6.85. The Morgan fingerprint density at radius 3 is 2.13 bits per heavy atom. The summed E-state index contributed by atoms with van der Waals surface area (Å²) in [4.78, 5) is 11.8. The number of allylic oxidation sites excluding steroid dienone is 1. The van der Waals surface area contributed by atoms with E-state index in [9.17, 15) is 13.2 Å².